The summed E-state index contributed by atoms with van der Waals surface area (Å²) in [5.41, 5.74) is 2.40. The summed E-state index contributed by atoms with van der Waals surface area (Å²) in [6.45, 7) is 1.44. The van der Waals surface area contributed by atoms with Crippen LogP contribution in [0, 0.1) is 11.6 Å². The molecule has 0 amide bonds. The predicted octanol–water partition coefficient (Wildman–Crippen LogP) is 0.150. The fourth-order valence-corrected chi connectivity index (χ4v) is 2.73. The molecule has 2 aromatic rings. The Bertz CT molecular complexity index is 735. The van der Waals surface area contributed by atoms with Gasteiger partial charge >= 0.3 is 0 Å². The van der Waals surface area contributed by atoms with Crippen LogP contribution in [0.3, 0.4) is 0 Å². The number of aromatic amines is 1. The number of hydrogen-bond acceptors (Lipinski definition) is 7. The molecule has 1 aliphatic heterocycles. The van der Waals surface area contributed by atoms with Gasteiger partial charge in [-0.1, -0.05) is 12.2 Å². The molecule has 1 fully saturated rings. The van der Waals surface area contributed by atoms with Crippen LogP contribution >= 0.6 is 12.2 Å². The van der Waals surface area contributed by atoms with Crippen LogP contribution < -0.4 is 0 Å². The summed E-state index contributed by atoms with van der Waals surface area (Å²) in [5.74, 6) is 0. The standard InChI is InChI=1S/C13H15N3O4S/c1-5-3-14-12-7(15-5)2-6(13(21)16-12)11-10(19)9(18)8(4-17)20-11/h2-3,8-11,17-19H,4H2,1H3,(H,14,16,21)/t8-,9?,10?,11+/m1/s1. The van der Waals surface area contributed by atoms with Gasteiger partial charge in [-0.3, -0.25) is 0 Å². The fraction of sp³-hybridized carbons (Fsp3) is 0.462. The van der Waals surface area contributed by atoms with Crippen LogP contribution in [0.4, 0.5) is 0 Å². The molecule has 4 atom stereocenters. The number of rotatable bonds is 2. The predicted molar refractivity (Wildman–Crippen MR) is 76.2 cm³/mol. The average Bonchev–Trinajstić information content (AvgIpc) is 2.75. The summed E-state index contributed by atoms with van der Waals surface area (Å²) in [6, 6.07) is 1.69. The van der Waals surface area contributed by atoms with E-state index in [0.717, 1.165) is 5.69 Å². The number of aliphatic hydroxyl groups excluding tert-OH is 3. The van der Waals surface area contributed by atoms with Gasteiger partial charge in [0.2, 0.25) is 0 Å². The highest BCUT2D eigenvalue weighted by Crippen LogP contribution is 2.34. The van der Waals surface area contributed by atoms with E-state index >= 15 is 0 Å². The van der Waals surface area contributed by atoms with Crippen molar-refractivity contribution >= 4 is 23.4 Å². The van der Waals surface area contributed by atoms with Crippen molar-refractivity contribution in [2.75, 3.05) is 6.61 Å². The Labute approximate surface area is 125 Å². The second-order valence-electron chi connectivity index (χ2n) is 5.06. The molecule has 0 radical (unpaired) electrons. The van der Waals surface area contributed by atoms with Crippen molar-refractivity contribution in [2.45, 2.75) is 31.3 Å². The Morgan fingerprint density at radius 3 is 2.81 bits per heavy atom. The summed E-state index contributed by atoms with van der Waals surface area (Å²) in [4.78, 5) is 11.5. The lowest BCUT2D eigenvalue weighted by Gasteiger charge is -2.15. The van der Waals surface area contributed by atoms with Gasteiger partial charge < -0.3 is 25.0 Å². The number of ether oxygens (including phenoxy) is 1. The highest BCUT2D eigenvalue weighted by Gasteiger charge is 2.43. The van der Waals surface area contributed by atoms with E-state index in [9.17, 15) is 10.2 Å². The number of pyridine rings is 1. The molecule has 0 bridgehead atoms. The zero-order valence-corrected chi connectivity index (χ0v) is 12.0. The second-order valence-corrected chi connectivity index (χ2v) is 5.47. The number of fused-ring (bicyclic) bond motifs is 1. The van der Waals surface area contributed by atoms with Crippen LogP contribution in [0.15, 0.2) is 12.3 Å². The van der Waals surface area contributed by atoms with Gasteiger partial charge in [0.05, 0.1) is 18.5 Å². The van der Waals surface area contributed by atoms with Gasteiger partial charge in [-0.2, -0.15) is 0 Å². The van der Waals surface area contributed by atoms with Crippen LogP contribution in [0.5, 0.6) is 0 Å². The number of H-pyrrole nitrogens is 1. The molecule has 3 rings (SSSR count). The Kier molecular flexibility index (Phi) is 3.72. The van der Waals surface area contributed by atoms with Crippen molar-refractivity contribution in [1.82, 2.24) is 15.0 Å². The molecule has 4 N–H and O–H groups in total. The molecule has 0 spiro atoms. The van der Waals surface area contributed by atoms with Gasteiger partial charge in [0, 0.05) is 5.56 Å². The van der Waals surface area contributed by atoms with Crippen LogP contribution in [-0.4, -0.2) is 55.2 Å². The number of aromatic nitrogens is 3. The molecule has 112 valence electrons. The van der Waals surface area contributed by atoms with Crippen molar-refractivity contribution in [3.63, 3.8) is 0 Å². The monoisotopic (exact) mass is 309 g/mol. The van der Waals surface area contributed by atoms with Crippen molar-refractivity contribution in [2.24, 2.45) is 0 Å². The Hall–Kier alpha value is -1.45. The molecule has 1 saturated heterocycles. The Morgan fingerprint density at radius 2 is 2.14 bits per heavy atom. The number of nitrogens with zero attached hydrogens (tertiary/aromatic N) is 2. The van der Waals surface area contributed by atoms with E-state index in [2.05, 4.69) is 15.0 Å². The number of aliphatic hydroxyl groups is 3. The van der Waals surface area contributed by atoms with Gasteiger partial charge in [-0.05, 0) is 13.0 Å². The molecule has 7 nitrogen and oxygen atoms in total. The van der Waals surface area contributed by atoms with Gasteiger partial charge in [0.1, 0.15) is 34.6 Å². The number of aryl methyl sites for hydroxylation is 1. The molecular formula is C13H15N3O4S. The molecule has 8 heteroatoms. The molecule has 2 unspecified atom stereocenters. The lowest BCUT2D eigenvalue weighted by molar-refractivity contribution is -0.0229. The summed E-state index contributed by atoms with van der Waals surface area (Å²) in [5, 5.41) is 29.1. The first-order chi connectivity index (χ1) is 10.0. The zero-order chi connectivity index (χ0) is 15.1. The minimum atomic E-state index is -1.16. The third kappa shape index (κ3) is 2.45. The average molecular weight is 309 g/mol. The Balaban J connectivity index is 2.08. The van der Waals surface area contributed by atoms with E-state index in [-0.39, 0.29) is 6.61 Å². The van der Waals surface area contributed by atoms with Crippen molar-refractivity contribution < 1.29 is 20.1 Å². The number of hydrogen-bond donors (Lipinski definition) is 4. The minimum absolute atomic E-state index is 0.357. The van der Waals surface area contributed by atoms with Crippen LogP contribution in [0.2, 0.25) is 0 Å². The number of nitrogens with one attached hydrogen (secondary N) is 1. The van der Waals surface area contributed by atoms with E-state index in [0.29, 0.717) is 21.4 Å². The van der Waals surface area contributed by atoms with E-state index in [1.165, 1.54) is 0 Å². The first-order valence-corrected chi connectivity index (χ1v) is 6.91. The molecule has 1 aliphatic rings. The SMILES string of the molecule is Cc1cnc2[nH]c(=S)c([C@@H]3O[C@H](CO)C(O)C3O)cc2n1. The van der Waals surface area contributed by atoms with E-state index in [1.807, 2.05) is 6.92 Å². The molecule has 0 saturated carbocycles. The summed E-state index contributed by atoms with van der Waals surface area (Å²) in [6.07, 6.45) is -2.34. The van der Waals surface area contributed by atoms with Crippen LogP contribution in [0.25, 0.3) is 11.2 Å². The minimum Gasteiger partial charge on any atom is -0.394 e. The van der Waals surface area contributed by atoms with Crippen molar-refractivity contribution in [3.8, 4) is 0 Å². The third-order valence-electron chi connectivity index (χ3n) is 3.56. The maximum atomic E-state index is 10.1. The Morgan fingerprint density at radius 1 is 1.38 bits per heavy atom. The maximum Gasteiger partial charge on any atom is 0.157 e. The second kappa shape index (κ2) is 5.39. The lowest BCUT2D eigenvalue weighted by Crippen LogP contribution is -2.32. The summed E-state index contributed by atoms with van der Waals surface area (Å²) < 4.78 is 5.85. The van der Waals surface area contributed by atoms with Gasteiger partial charge in [-0.25, -0.2) is 9.97 Å². The van der Waals surface area contributed by atoms with E-state index in [1.54, 1.807) is 12.3 Å². The van der Waals surface area contributed by atoms with Gasteiger partial charge in [-0.15, -0.1) is 0 Å². The molecular weight excluding hydrogens is 294 g/mol. The van der Waals surface area contributed by atoms with Gasteiger partial charge in [0.15, 0.2) is 5.65 Å². The summed E-state index contributed by atoms with van der Waals surface area (Å²) >= 11 is 5.26. The van der Waals surface area contributed by atoms with Crippen LogP contribution in [-0.2, 0) is 4.74 Å². The maximum absolute atomic E-state index is 10.1. The first-order valence-electron chi connectivity index (χ1n) is 6.50. The fourth-order valence-electron chi connectivity index (χ4n) is 2.45. The highest BCUT2D eigenvalue weighted by atomic mass is 32.1. The van der Waals surface area contributed by atoms with Crippen molar-refractivity contribution in [1.29, 1.82) is 0 Å². The quantitative estimate of drug-likeness (QED) is 0.584. The normalized spacial score (nSPS) is 29.1. The molecule has 2 aromatic heterocycles. The molecule has 3 heterocycles. The van der Waals surface area contributed by atoms with E-state index in [4.69, 9.17) is 22.1 Å². The molecule has 21 heavy (non-hydrogen) atoms. The smallest absolute Gasteiger partial charge is 0.157 e. The topological polar surface area (TPSA) is 111 Å². The third-order valence-corrected chi connectivity index (χ3v) is 3.89. The molecule has 0 aromatic carbocycles. The highest BCUT2D eigenvalue weighted by molar-refractivity contribution is 7.71. The van der Waals surface area contributed by atoms with E-state index < -0.39 is 24.4 Å². The summed E-state index contributed by atoms with van der Waals surface area (Å²) in [7, 11) is 0. The largest absolute Gasteiger partial charge is 0.394 e. The molecule has 0 aliphatic carbocycles. The van der Waals surface area contributed by atoms with Crippen LogP contribution in [0.1, 0.15) is 17.4 Å². The lowest BCUT2D eigenvalue weighted by atomic mass is 10.0. The van der Waals surface area contributed by atoms with Gasteiger partial charge in [0.25, 0.3) is 0 Å². The van der Waals surface area contributed by atoms with Crippen molar-refractivity contribution in [3.05, 3.63) is 28.2 Å². The first kappa shape index (κ1) is 14.5. The zero-order valence-electron chi connectivity index (χ0n) is 11.2.